The van der Waals surface area contributed by atoms with Crippen LogP contribution in [0.25, 0.3) is 0 Å². The van der Waals surface area contributed by atoms with Crippen LogP contribution in [0.15, 0.2) is 42.0 Å². The number of hydrogen-bond acceptors (Lipinski definition) is 3. The van der Waals surface area contributed by atoms with Crippen LogP contribution in [-0.4, -0.2) is 35.0 Å². The Morgan fingerprint density at radius 1 is 1.03 bits per heavy atom. The summed E-state index contributed by atoms with van der Waals surface area (Å²) in [7, 11) is 0. The van der Waals surface area contributed by atoms with E-state index in [4.69, 9.17) is 4.74 Å². The van der Waals surface area contributed by atoms with Gasteiger partial charge in [-0.15, -0.1) is 0 Å². The molecule has 11 atom stereocenters. The van der Waals surface area contributed by atoms with Crippen LogP contribution in [-0.2, 0) is 16.1 Å². The molecular formula is C34H43NO2. The topological polar surface area (TPSA) is 29.5 Å². The molecule has 2 saturated heterocycles. The summed E-state index contributed by atoms with van der Waals surface area (Å²) in [5.41, 5.74) is 4.47. The zero-order valence-electron chi connectivity index (χ0n) is 22.8. The molecule has 196 valence electrons. The minimum absolute atomic E-state index is 0.174. The number of carbonyl (C=O) groups excluding carboxylic acids is 1. The molecule has 0 bridgehead atoms. The van der Waals surface area contributed by atoms with E-state index in [0.717, 1.165) is 43.1 Å². The molecule has 2 aliphatic heterocycles. The van der Waals surface area contributed by atoms with Crippen LogP contribution in [0.2, 0.25) is 0 Å². The third-order valence-electron chi connectivity index (χ3n) is 14.1. The first-order chi connectivity index (χ1) is 17.9. The van der Waals surface area contributed by atoms with Crippen LogP contribution < -0.4 is 0 Å². The van der Waals surface area contributed by atoms with Crippen molar-refractivity contribution >= 4 is 5.78 Å². The number of benzene rings is 1. The fourth-order valence-electron chi connectivity index (χ4n) is 12.8. The van der Waals surface area contributed by atoms with Gasteiger partial charge in [-0.05, 0) is 104 Å². The van der Waals surface area contributed by atoms with E-state index in [-0.39, 0.29) is 11.0 Å². The first kappa shape index (κ1) is 22.4. The summed E-state index contributed by atoms with van der Waals surface area (Å²) in [6.45, 7) is 7.31. The third kappa shape index (κ3) is 2.52. The van der Waals surface area contributed by atoms with Crippen molar-refractivity contribution in [2.24, 2.45) is 45.8 Å². The zero-order chi connectivity index (χ0) is 24.8. The van der Waals surface area contributed by atoms with E-state index in [1.165, 1.54) is 69.0 Å². The number of nitrogens with zero attached hydrogens (tertiary/aromatic N) is 1. The number of piperidine rings is 1. The van der Waals surface area contributed by atoms with Gasteiger partial charge in [-0.25, -0.2) is 0 Å². The summed E-state index contributed by atoms with van der Waals surface area (Å²) in [5.74, 6) is 4.47. The summed E-state index contributed by atoms with van der Waals surface area (Å²) in [6.07, 6.45) is 15.2. The van der Waals surface area contributed by atoms with Gasteiger partial charge >= 0.3 is 0 Å². The Morgan fingerprint density at radius 2 is 1.89 bits per heavy atom. The maximum absolute atomic E-state index is 12.3. The van der Waals surface area contributed by atoms with Crippen molar-refractivity contribution in [3.05, 3.63) is 47.5 Å². The van der Waals surface area contributed by atoms with Crippen molar-refractivity contribution in [3.63, 3.8) is 0 Å². The van der Waals surface area contributed by atoms with Crippen LogP contribution in [0.4, 0.5) is 0 Å². The van der Waals surface area contributed by atoms with Crippen molar-refractivity contribution in [3.8, 4) is 0 Å². The monoisotopic (exact) mass is 497 g/mol. The number of ether oxygens (including phenoxy) is 1. The van der Waals surface area contributed by atoms with Gasteiger partial charge in [0.25, 0.3) is 0 Å². The molecule has 2 heterocycles. The smallest absolute Gasteiger partial charge is 0.155 e. The summed E-state index contributed by atoms with van der Waals surface area (Å²) in [6, 6.07) is 11.8. The number of allylic oxidation sites excluding steroid dienone is 2. The molecule has 0 radical (unpaired) electrons. The van der Waals surface area contributed by atoms with Gasteiger partial charge in [-0.1, -0.05) is 49.8 Å². The second kappa shape index (κ2) is 7.00. The highest BCUT2D eigenvalue weighted by atomic mass is 16.5. The standard InChI is InChI=1S/C34H43NO2/c1-21-14-29-30(35(18-21)19-22-6-4-3-5-7-22)28-17-33-20-32(33)16-27-25(26(32)11-13-34(28,33)37-29)9-8-23-15-24(36)10-12-31(23,27)2/h3-7,15,21,25-30H,8-14,16-20H2,1-2H3/t21-,25-,26?,27-,28+,29+,30-,31?,32?,33?,34+/m0/s1. The van der Waals surface area contributed by atoms with Crippen LogP contribution in [0.5, 0.6) is 0 Å². The molecule has 37 heavy (non-hydrogen) atoms. The lowest BCUT2D eigenvalue weighted by Crippen LogP contribution is -2.64. The van der Waals surface area contributed by atoms with Crippen LogP contribution in [0.3, 0.4) is 0 Å². The second-order valence-corrected chi connectivity index (χ2v) is 15.2. The van der Waals surface area contributed by atoms with Crippen LogP contribution in [0, 0.1) is 45.8 Å². The van der Waals surface area contributed by atoms with E-state index in [0.29, 0.717) is 34.7 Å². The normalized spacial score (nSPS) is 54.9. The molecule has 5 saturated carbocycles. The fourth-order valence-corrected chi connectivity index (χ4v) is 12.8. The number of likely N-dealkylation sites (tertiary alicyclic amines) is 1. The van der Waals surface area contributed by atoms with Gasteiger partial charge in [0.1, 0.15) is 0 Å². The second-order valence-electron chi connectivity index (χ2n) is 15.2. The highest BCUT2D eigenvalue weighted by Crippen LogP contribution is 2.93. The highest BCUT2D eigenvalue weighted by Gasteiger charge is 2.91. The van der Waals surface area contributed by atoms with Crippen molar-refractivity contribution in [2.75, 3.05) is 6.54 Å². The molecule has 3 spiro atoms. The first-order valence-electron chi connectivity index (χ1n) is 15.6. The van der Waals surface area contributed by atoms with Crippen molar-refractivity contribution in [2.45, 2.75) is 102 Å². The summed E-state index contributed by atoms with van der Waals surface area (Å²) in [5, 5.41) is 0. The van der Waals surface area contributed by atoms with E-state index in [2.05, 4.69) is 55.2 Å². The average Bonchev–Trinajstić information content (AvgIpc) is 3.36. The Bertz CT molecular complexity index is 1210. The minimum atomic E-state index is 0.174. The lowest BCUT2D eigenvalue weighted by atomic mass is 9.47. The molecule has 9 rings (SSSR count). The molecule has 0 N–H and O–H groups in total. The Morgan fingerprint density at radius 3 is 2.76 bits per heavy atom. The quantitative estimate of drug-likeness (QED) is 0.463. The van der Waals surface area contributed by atoms with E-state index in [9.17, 15) is 4.79 Å². The maximum atomic E-state index is 12.3. The molecule has 8 aliphatic rings. The minimum Gasteiger partial charge on any atom is -0.369 e. The molecule has 0 amide bonds. The Kier molecular flexibility index (Phi) is 4.23. The Balaban J connectivity index is 1.04. The zero-order valence-corrected chi connectivity index (χ0v) is 22.8. The molecule has 4 unspecified atom stereocenters. The molecule has 1 aromatic carbocycles. The number of hydrogen-bond donors (Lipinski definition) is 0. The predicted octanol–water partition coefficient (Wildman–Crippen LogP) is 6.57. The Hall–Kier alpha value is -1.45. The van der Waals surface area contributed by atoms with E-state index < -0.39 is 0 Å². The van der Waals surface area contributed by atoms with Gasteiger partial charge in [0.05, 0.1) is 11.7 Å². The van der Waals surface area contributed by atoms with Crippen LogP contribution >= 0.6 is 0 Å². The molecule has 7 fully saturated rings. The SMILES string of the molecule is C[C@H]1C[C@H]2O[C@@]34CCC5[C@@H]6CCC7=CC(=O)CCC7(C)[C@H]6CC56CC63C[C@@H]4[C@@H]2N(Cc2ccccc2)C1. The van der Waals surface area contributed by atoms with Crippen molar-refractivity contribution < 1.29 is 9.53 Å². The van der Waals surface area contributed by atoms with Crippen molar-refractivity contribution in [1.29, 1.82) is 0 Å². The van der Waals surface area contributed by atoms with Gasteiger partial charge in [0, 0.05) is 36.9 Å². The van der Waals surface area contributed by atoms with Gasteiger partial charge in [0.2, 0.25) is 0 Å². The highest BCUT2D eigenvalue weighted by molar-refractivity contribution is 5.91. The lowest BCUT2D eigenvalue weighted by Gasteiger charge is -2.60. The van der Waals surface area contributed by atoms with Gasteiger partial charge in [0.15, 0.2) is 5.78 Å². The lowest BCUT2D eigenvalue weighted by molar-refractivity contribution is -0.211. The molecule has 3 heteroatoms. The Labute approximate surface area is 222 Å². The summed E-state index contributed by atoms with van der Waals surface area (Å²) in [4.78, 5) is 15.1. The van der Waals surface area contributed by atoms with Gasteiger partial charge in [-0.3, -0.25) is 9.69 Å². The first-order valence-corrected chi connectivity index (χ1v) is 15.6. The van der Waals surface area contributed by atoms with E-state index in [1.54, 1.807) is 0 Å². The number of rotatable bonds is 2. The molecule has 6 aliphatic carbocycles. The van der Waals surface area contributed by atoms with E-state index >= 15 is 0 Å². The predicted molar refractivity (Wildman–Crippen MR) is 144 cm³/mol. The molecule has 3 nitrogen and oxygen atoms in total. The van der Waals surface area contributed by atoms with Crippen molar-refractivity contribution in [1.82, 2.24) is 4.90 Å². The van der Waals surface area contributed by atoms with Crippen LogP contribution in [0.1, 0.15) is 83.6 Å². The average molecular weight is 498 g/mol. The summed E-state index contributed by atoms with van der Waals surface area (Å²) < 4.78 is 7.44. The fraction of sp³-hybridized carbons (Fsp3) is 0.735. The number of fused-ring (bicyclic) bond motifs is 6. The van der Waals surface area contributed by atoms with Gasteiger partial charge in [-0.2, -0.15) is 0 Å². The van der Waals surface area contributed by atoms with Gasteiger partial charge < -0.3 is 4.74 Å². The largest absolute Gasteiger partial charge is 0.369 e. The number of carbonyl (C=O) groups is 1. The van der Waals surface area contributed by atoms with E-state index in [1.807, 2.05) is 0 Å². The number of ketones is 1. The summed E-state index contributed by atoms with van der Waals surface area (Å²) >= 11 is 0. The molecule has 1 aromatic rings. The third-order valence-corrected chi connectivity index (χ3v) is 14.1. The molecular weight excluding hydrogens is 454 g/mol. The maximum Gasteiger partial charge on any atom is 0.155 e. The molecule has 0 aromatic heterocycles.